The lowest BCUT2D eigenvalue weighted by Gasteiger charge is -2.10. The van der Waals surface area contributed by atoms with Gasteiger partial charge in [-0.1, -0.05) is 35.9 Å². The molecule has 4 aromatic rings. The van der Waals surface area contributed by atoms with Gasteiger partial charge < -0.3 is 10.1 Å². The van der Waals surface area contributed by atoms with Crippen LogP contribution in [0, 0.1) is 0 Å². The molecular formula is C25H21ClN2O2S. The molecule has 1 amide bonds. The standard InChI is InChI=1S/C25H21ClN2O2S/c1-16(2)30-22-12-8-17(9-13-22)24(29)27-21-5-3-4-19(14-21)23-15-31-25(28-23)18-6-10-20(26)11-7-18/h3-16H,1-2H3,(H,27,29). The second-order valence-corrected chi connectivity index (χ2v) is 8.57. The van der Waals surface area contributed by atoms with Crippen molar-refractivity contribution in [1.29, 1.82) is 0 Å². The Kier molecular flexibility index (Phi) is 6.35. The fourth-order valence-corrected chi connectivity index (χ4v) is 4.01. The predicted octanol–water partition coefficient (Wildman–Crippen LogP) is 7.17. The molecule has 4 rings (SSSR count). The first-order chi connectivity index (χ1) is 15.0. The Labute approximate surface area is 190 Å². The quantitative estimate of drug-likeness (QED) is 0.340. The number of ether oxygens (including phenoxy) is 1. The van der Waals surface area contributed by atoms with E-state index >= 15 is 0 Å². The lowest BCUT2D eigenvalue weighted by Crippen LogP contribution is -2.12. The fourth-order valence-electron chi connectivity index (χ4n) is 3.05. The number of carbonyl (C=O) groups excluding carboxylic acids is 1. The van der Waals surface area contributed by atoms with Crippen LogP contribution in [0.15, 0.2) is 78.2 Å². The van der Waals surface area contributed by atoms with Crippen molar-refractivity contribution >= 4 is 34.5 Å². The molecule has 0 atom stereocenters. The highest BCUT2D eigenvalue weighted by atomic mass is 35.5. The van der Waals surface area contributed by atoms with Crippen LogP contribution in [0.2, 0.25) is 5.02 Å². The molecule has 0 fully saturated rings. The van der Waals surface area contributed by atoms with Crippen LogP contribution in [0.3, 0.4) is 0 Å². The highest BCUT2D eigenvalue weighted by Crippen LogP contribution is 2.30. The summed E-state index contributed by atoms with van der Waals surface area (Å²) in [6.45, 7) is 3.93. The van der Waals surface area contributed by atoms with Gasteiger partial charge in [0.2, 0.25) is 0 Å². The van der Waals surface area contributed by atoms with Crippen LogP contribution in [0.1, 0.15) is 24.2 Å². The van der Waals surface area contributed by atoms with Crippen molar-refractivity contribution in [3.63, 3.8) is 0 Å². The van der Waals surface area contributed by atoms with Crippen LogP contribution in [0.4, 0.5) is 5.69 Å². The maximum atomic E-state index is 12.6. The average molecular weight is 449 g/mol. The molecule has 0 saturated carbocycles. The second kappa shape index (κ2) is 9.33. The Hall–Kier alpha value is -3.15. The van der Waals surface area contributed by atoms with E-state index in [4.69, 9.17) is 21.3 Å². The van der Waals surface area contributed by atoms with E-state index in [1.807, 2.05) is 67.8 Å². The summed E-state index contributed by atoms with van der Waals surface area (Å²) < 4.78 is 5.63. The number of hydrogen-bond donors (Lipinski definition) is 1. The van der Waals surface area contributed by atoms with Crippen LogP contribution in [-0.2, 0) is 0 Å². The zero-order valence-electron chi connectivity index (χ0n) is 17.1. The summed E-state index contributed by atoms with van der Waals surface area (Å²) in [4.78, 5) is 17.4. The minimum absolute atomic E-state index is 0.0911. The third kappa shape index (κ3) is 5.32. The number of carbonyl (C=O) groups is 1. The molecule has 0 bridgehead atoms. The number of hydrogen-bond acceptors (Lipinski definition) is 4. The van der Waals surface area contributed by atoms with Gasteiger partial charge in [-0.15, -0.1) is 11.3 Å². The summed E-state index contributed by atoms with van der Waals surface area (Å²) in [7, 11) is 0. The van der Waals surface area contributed by atoms with E-state index in [0.717, 1.165) is 27.6 Å². The van der Waals surface area contributed by atoms with E-state index in [9.17, 15) is 4.79 Å². The molecule has 3 aromatic carbocycles. The highest BCUT2D eigenvalue weighted by Gasteiger charge is 2.10. The van der Waals surface area contributed by atoms with E-state index < -0.39 is 0 Å². The van der Waals surface area contributed by atoms with Gasteiger partial charge in [-0.3, -0.25) is 4.79 Å². The molecule has 1 aromatic heterocycles. The van der Waals surface area contributed by atoms with Gasteiger partial charge in [0, 0.05) is 32.8 Å². The number of nitrogens with zero attached hydrogens (tertiary/aromatic N) is 1. The third-order valence-corrected chi connectivity index (χ3v) is 5.64. The van der Waals surface area contributed by atoms with Crippen molar-refractivity contribution in [1.82, 2.24) is 4.98 Å². The Morgan fingerprint density at radius 3 is 2.45 bits per heavy atom. The molecule has 1 heterocycles. The summed E-state index contributed by atoms with van der Waals surface area (Å²) >= 11 is 7.55. The van der Waals surface area contributed by atoms with Crippen LogP contribution in [-0.4, -0.2) is 17.0 Å². The number of rotatable bonds is 6. The van der Waals surface area contributed by atoms with Crippen molar-refractivity contribution in [3.05, 3.63) is 88.8 Å². The minimum Gasteiger partial charge on any atom is -0.491 e. The van der Waals surface area contributed by atoms with Crippen molar-refractivity contribution < 1.29 is 9.53 Å². The normalized spacial score (nSPS) is 10.8. The number of halogens is 1. The monoisotopic (exact) mass is 448 g/mol. The van der Waals surface area contributed by atoms with E-state index in [1.54, 1.807) is 35.6 Å². The molecule has 0 aliphatic carbocycles. The maximum absolute atomic E-state index is 12.6. The summed E-state index contributed by atoms with van der Waals surface area (Å²) in [5.74, 6) is 0.571. The van der Waals surface area contributed by atoms with Gasteiger partial charge >= 0.3 is 0 Å². The number of nitrogens with one attached hydrogen (secondary N) is 1. The van der Waals surface area contributed by atoms with E-state index in [2.05, 4.69) is 5.32 Å². The van der Waals surface area contributed by atoms with Gasteiger partial charge in [0.1, 0.15) is 10.8 Å². The largest absolute Gasteiger partial charge is 0.491 e. The van der Waals surface area contributed by atoms with Crippen LogP contribution in [0.5, 0.6) is 5.75 Å². The van der Waals surface area contributed by atoms with Gasteiger partial charge in [0.15, 0.2) is 0 Å². The van der Waals surface area contributed by atoms with E-state index in [1.165, 1.54) is 0 Å². The minimum atomic E-state index is -0.173. The molecule has 1 N–H and O–H groups in total. The topological polar surface area (TPSA) is 51.2 Å². The second-order valence-electron chi connectivity index (χ2n) is 7.27. The van der Waals surface area contributed by atoms with E-state index in [0.29, 0.717) is 16.3 Å². The van der Waals surface area contributed by atoms with Crippen molar-refractivity contribution in [2.75, 3.05) is 5.32 Å². The van der Waals surface area contributed by atoms with Gasteiger partial charge in [-0.25, -0.2) is 4.98 Å². The smallest absolute Gasteiger partial charge is 0.255 e. The summed E-state index contributed by atoms with van der Waals surface area (Å²) in [5, 5.41) is 6.59. The predicted molar refractivity (Wildman–Crippen MR) is 128 cm³/mol. The third-order valence-electron chi connectivity index (χ3n) is 4.50. The molecule has 156 valence electrons. The first kappa shape index (κ1) is 21.1. The number of aromatic nitrogens is 1. The number of benzene rings is 3. The summed E-state index contributed by atoms with van der Waals surface area (Å²) in [5.41, 5.74) is 4.11. The van der Waals surface area contributed by atoms with Crippen molar-refractivity contribution in [2.24, 2.45) is 0 Å². The van der Waals surface area contributed by atoms with Gasteiger partial charge in [-0.05, 0) is 62.4 Å². The molecule has 31 heavy (non-hydrogen) atoms. The first-order valence-electron chi connectivity index (χ1n) is 9.88. The highest BCUT2D eigenvalue weighted by molar-refractivity contribution is 7.13. The Morgan fingerprint density at radius 2 is 1.74 bits per heavy atom. The Morgan fingerprint density at radius 1 is 1.00 bits per heavy atom. The number of amides is 1. The van der Waals surface area contributed by atoms with Crippen LogP contribution >= 0.6 is 22.9 Å². The summed E-state index contributed by atoms with van der Waals surface area (Å²) in [6.07, 6.45) is 0.0911. The molecule has 0 aliphatic heterocycles. The lowest BCUT2D eigenvalue weighted by atomic mass is 10.1. The SMILES string of the molecule is CC(C)Oc1ccc(C(=O)Nc2cccc(-c3csc(-c4ccc(Cl)cc4)n3)c2)cc1. The summed E-state index contributed by atoms with van der Waals surface area (Å²) in [6, 6.07) is 22.4. The van der Waals surface area contributed by atoms with E-state index in [-0.39, 0.29) is 12.0 Å². The average Bonchev–Trinajstić information content (AvgIpc) is 3.25. The number of thiazole rings is 1. The lowest BCUT2D eigenvalue weighted by molar-refractivity contribution is 0.102. The Bertz CT molecular complexity index is 1180. The first-order valence-corrected chi connectivity index (χ1v) is 11.1. The number of anilines is 1. The van der Waals surface area contributed by atoms with Crippen molar-refractivity contribution in [3.8, 4) is 27.6 Å². The zero-order chi connectivity index (χ0) is 21.8. The van der Waals surface area contributed by atoms with Gasteiger partial charge in [-0.2, -0.15) is 0 Å². The molecule has 0 spiro atoms. The zero-order valence-corrected chi connectivity index (χ0v) is 18.7. The molecule has 0 saturated heterocycles. The molecule has 0 unspecified atom stereocenters. The molecule has 4 nitrogen and oxygen atoms in total. The molecule has 6 heteroatoms. The van der Waals surface area contributed by atoms with Crippen LogP contribution in [0.25, 0.3) is 21.8 Å². The van der Waals surface area contributed by atoms with Gasteiger partial charge in [0.05, 0.1) is 11.8 Å². The molecule has 0 aliphatic rings. The van der Waals surface area contributed by atoms with Gasteiger partial charge in [0.25, 0.3) is 5.91 Å². The molecule has 0 radical (unpaired) electrons. The maximum Gasteiger partial charge on any atom is 0.255 e. The Balaban J connectivity index is 1.48. The van der Waals surface area contributed by atoms with Crippen molar-refractivity contribution in [2.45, 2.75) is 20.0 Å². The molecular weight excluding hydrogens is 428 g/mol. The van der Waals surface area contributed by atoms with Crippen LogP contribution < -0.4 is 10.1 Å². The fraction of sp³-hybridized carbons (Fsp3) is 0.120.